The Labute approximate surface area is 116 Å². The molecule has 0 heterocycles. The van der Waals surface area contributed by atoms with Crippen LogP contribution in [0.1, 0.15) is 17.3 Å². The van der Waals surface area contributed by atoms with E-state index in [0.29, 0.717) is 22.1 Å². The zero-order valence-corrected chi connectivity index (χ0v) is 11.4. The third kappa shape index (κ3) is 3.26. The van der Waals surface area contributed by atoms with Crippen molar-refractivity contribution < 1.29 is 14.3 Å². The third-order valence-electron chi connectivity index (χ3n) is 2.61. The number of carbonyl (C=O) groups is 1. The summed E-state index contributed by atoms with van der Waals surface area (Å²) in [5.74, 6) is 1.77. The van der Waals surface area contributed by atoms with E-state index in [9.17, 15) is 4.79 Å². The van der Waals surface area contributed by atoms with Gasteiger partial charge in [0.15, 0.2) is 5.78 Å². The van der Waals surface area contributed by atoms with Gasteiger partial charge in [-0.3, -0.25) is 4.79 Å². The van der Waals surface area contributed by atoms with E-state index >= 15 is 0 Å². The molecular formula is C15H13ClO3. The normalized spacial score (nSPS) is 10.1. The lowest BCUT2D eigenvalue weighted by Crippen LogP contribution is -1.97. The number of hydrogen-bond donors (Lipinski definition) is 0. The molecule has 2 rings (SSSR count). The topological polar surface area (TPSA) is 35.5 Å². The Balaban J connectivity index is 2.29. The molecule has 2 aromatic rings. The summed E-state index contributed by atoms with van der Waals surface area (Å²) >= 11 is 5.88. The van der Waals surface area contributed by atoms with Crippen LogP contribution in [0.3, 0.4) is 0 Å². The Morgan fingerprint density at radius 3 is 2.26 bits per heavy atom. The zero-order chi connectivity index (χ0) is 13.8. The van der Waals surface area contributed by atoms with E-state index in [1.807, 2.05) is 0 Å². The number of hydrogen-bond acceptors (Lipinski definition) is 3. The number of ether oxygens (including phenoxy) is 2. The summed E-state index contributed by atoms with van der Waals surface area (Å²) in [7, 11) is 1.60. The van der Waals surface area contributed by atoms with Crippen LogP contribution >= 0.6 is 11.6 Å². The number of ketones is 1. The molecule has 0 unspecified atom stereocenters. The first-order valence-electron chi connectivity index (χ1n) is 5.72. The quantitative estimate of drug-likeness (QED) is 0.779. The maximum Gasteiger partial charge on any atom is 0.163 e. The van der Waals surface area contributed by atoms with Gasteiger partial charge in [-0.25, -0.2) is 0 Å². The van der Waals surface area contributed by atoms with Crippen LogP contribution < -0.4 is 9.47 Å². The minimum atomic E-state index is -0.0917. The molecule has 0 aliphatic rings. The van der Waals surface area contributed by atoms with Gasteiger partial charge in [-0.15, -0.1) is 0 Å². The summed E-state index contributed by atoms with van der Waals surface area (Å²) in [5.41, 5.74) is 0.461. The number of carbonyl (C=O) groups excluding carboxylic acids is 1. The van der Waals surface area contributed by atoms with Crippen molar-refractivity contribution in [1.29, 1.82) is 0 Å². The molecule has 2 aromatic carbocycles. The Morgan fingerprint density at radius 2 is 1.68 bits per heavy atom. The van der Waals surface area contributed by atoms with Crippen molar-refractivity contribution in [3.05, 3.63) is 53.1 Å². The van der Waals surface area contributed by atoms with Crippen molar-refractivity contribution in [2.75, 3.05) is 7.11 Å². The predicted octanol–water partition coefficient (Wildman–Crippen LogP) is 4.34. The van der Waals surface area contributed by atoms with Crippen LogP contribution in [0.5, 0.6) is 17.2 Å². The van der Waals surface area contributed by atoms with E-state index in [2.05, 4.69) is 0 Å². The van der Waals surface area contributed by atoms with Crippen LogP contribution in [0.2, 0.25) is 5.02 Å². The molecule has 0 amide bonds. The van der Waals surface area contributed by atoms with Crippen LogP contribution in [0.4, 0.5) is 0 Å². The lowest BCUT2D eigenvalue weighted by Gasteiger charge is -2.10. The van der Waals surface area contributed by atoms with Gasteiger partial charge in [-0.1, -0.05) is 11.6 Å². The fourth-order valence-corrected chi connectivity index (χ4v) is 1.81. The smallest absolute Gasteiger partial charge is 0.163 e. The predicted molar refractivity (Wildman–Crippen MR) is 74.5 cm³/mol. The summed E-state index contributed by atoms with van der Waals surface area (Å²) in [6.45, 7) is 1.48. The zero-order valence-electron chi connectivity index (χ0n) is 10.6. The molecule has 0 fully saturated rings. The maximum atomic E-state index is 11.6. The first kappa shape index (κ1) is 13.4. The van der Waals surface area contributed by atoms with Crippen molar-refractivity contribution in [1.82, 2.24) is 0 Å². The van der Waals surface area contributed by atoms with Crippen molar-refractivity contribution in [3.8, 4) is 17.2 Å². The van der Waals surface area contributed by atoms with Gasteiger partial charge in [0, 0.05) is 5.02 Å². The summed E-state index contributed by atoms with van der Waals surface area (Å²) in [4.78, 5) is 11.6. The van der Waals surface area contributed by atoms with Gasteiger partial charge in [0.05, 0.1) is 12.7 Å². The second-order valence-electron chi connectivity index (χ2n) is 3.97. The molecule has 0 N–H and O–H groups in total. The van der Waals surface area contributed by atoms with Gasteiger partial charge in [-0.2, -0.15) is 0 Å². The second-order valence-corrected chi connectivity index (χ2v) is 4.41. The minimum absolute atomic E-state index is 0.0917. The third-order valence-corrected chi connectivity index (χ3v) is 2.84. The largest absolute Gasteiger partial charge is 0.497 e. The monoisotopic (exact) mass is 276 g/mol. The first-order chi connectivity index (χ1) is 9.10. The van der Waals surface area contributed by atoms with Crippen LogP contribution in [0.25, 0.3) is 0 Å². The molecular weight excluding hydrogens is 264 g/mol. The van der Waals surface area contributed by atoms with Gasteiger partial charge in [0.2, 0.25) is 0 Å². The summed E-state index contributed by atoms with van der Waals surface area (Å²) in [6.07, 6.45) is 0. The van der Waals surface area contributed by atoms with E-state index in [0.717, 1.165) is 5.75 Å². The fourth-order valence-electron chi connectivity index (χ4n) is 1.64. The minimum Gasteiger partial charge on any atom is -0.497 e. The van der Waals surface area contributed by atoms with E-state index in [1.165, 1.54) is 6.92 Å². The van der Waals surface area contributed by atoms with Gasteiger partial charge < -0.3 is 9.47 Å². The molecule has 19 heavy (non-hydrogen) atoms. The molecule has 0 radical (unpaired) electrons. The van der Waals surface area contributed by atoms with Crippen molar-refractivity contribution in [3.63, 3.8) is 0 Å². The standard InChI is InChI=1S/C15H13ClO3/c1-10(17)14-9-11(16)3-8-15(14)19-13-6-4-12(18-2)5-7-13/h3-9H,1-2H3. The molecule has 0 bridgehead atoms. The number of methoxy groups -OCH3 is 1. The molecule has 0 aliphatic carbocycles. The van der Waals surface area contributed by atoms with Gasteiger partial charge >= 0.3 is 0 Å². The molecule has 0 aliphatic heterocycles. The molecule has 4 heteroatoms. The highest BCUT2D eigenvalue weighted by Crippen LogP contribution is 2.29. The highest BCUT2D eigenvalue weighted by molar-refractivity contribution is 6.31. The second kappa shape index (κ2) is 5.76. The van der Waals surface area contributed by atoms with E-state index < -0.39 is 0 Å². The molecule has 0 saturated heterocycles. The van der Waals surface area contributed by atoms with Crippen molar-refractivity contribution in [2.45, 2.75) is 6.92 Å². The average molecular weight is 277 g/mol. The van der Waals surface area contributed by atoms with Crippen LogP contribution in [0, 0.1) is 0 Å². The maximum absolute atomic E-state index is 11.6. The highest BCUT2D eigenvalue weighted by Gasteiger charge is 2.10. The lowest BCUT2D eigenvalue weighted by molar-refractivity contribution is 0.101. The fraction of sp³-hybridized carbons (Fsp3) is 0.133. The molecule has 0 spiro atoms. The highest BCUT2D eigenvalue weighted by atomic mass is 35.5. The van der Waals surface area contributed by atoms with E-state index in [1.54, 1.807) is 49.6 Å². The van der Waals surface area contributed by atoms with Crippen LogP contribution in [0.15, 0.2) is 42.5 Å². The molecule has 3 nitrogen and oxygen atoms in total. The van der Waals surface area contributed by atoms with Crippen LogP contribution in [-0.2, 0) is 0 Å². The molecule has 98 valence electrons. The Hall–Kier alpha value is -2.00. The Morgan fingerprint density at radius 1 is 1.05 bits per heavy atom. The average Bonchev–Trinajstić information content (AvgIpc) is 2.41. The van der Waals surface area contributed by atoms with Crippen molar-refractivity contribution >= 4 is 17.4 Å². The van der Waals surface area contributed by atoms with Crippen LogP contribution in [-0.4, -0.2) is 12.9 Å². The number of benzene rings is 2. The summed E-state index contributed by atoms with van der Waals surface area (Å²) in [5, 5.41) is 0.507. The first-order valence-corrected chi connectivity index (χ1v) is 6.10. The summed E-state index contributed by atoms with van der Waals surface area (Å²) in [6, 6.07) is 12.1. The summed E-state index contributed by atoms with van der Waals surface area (Å²) < 4.78 is 10.8. The molecule has 0 atom stereocenters. The Kier molecular flexibility index (Phi) is 4.07. The Bertz CT molecular complexity index is 591. The molecule has 0 aromatic heterocycles. The number of Topliss-reactive ketones (excluding diaryl/α,β-unsaturated/α-hetero) is 1. The lowest BCUT2D eigenvalue weighted by atomic mass is 10.1. The van der Waals surface area contributed by atoms with E-state index in [-0.39, 0.29) is 5.78 Å². The number of rotatable bonds is 4. The van der Waals surface area contributed by atoms with Gasteiger partial charge in [0.1, 0.15) is 17.2 Å². The van der Waals surface area contributed by atoms with Gasteiger partial charge in [-0.05, 0) is 49.4 Å². The molecule has 0 saturated carbocycles. The van der Waals surface area contributed by atoms with Gasteiger partial charge in [0.25, 0.3) is 0 Å². The number of halogens is 1. The van der Waals surface area contributed by atoms with Crippen molar-refractivity contribution in [2.24, 2.45) is 0 Å². The van der Waals surface area contributed by atoms with E-state index in [4.69, 9.17) is 21.1 Å². The SMILES string of the molecule is COc1ccc(Oc2ccc(Cl)cc2C(C)=O)cc1.